The summed E-state index contributed by atoms with van der Waals surface area (Å²) in [7, 11) is -2.11. The lowest BCUT2D eigenvalue weighted by Gasteiger charge is -2.34. The van der Waals surface area contributed by atoms with E-state index in [-0.39, 0.29) is 29.9 Å². The van der Waals surface area contributed by atoms with Gasteiger partial charge in [-0.1, -0.05) is 23.7 Å². The molecule has 0 aliphatic carbocycles. The number of halogens is 4. The number of alkyl halides is 3. The Morgan fingerprint density at radius 3 is 2.49 bits per heavy atom. The predicted molar refractivity (Wildman–Crippen MR) is 133 cm³/mol. The average molecular weight is 556 g/mol. The lowest BCUT2D eigenvalue weighted by atomic mass is 9.98. The van der Waals surface area contributed by atoms with Crippen LogP contribution < -0.4 is 4.90 Å². The highest BCUT2D eigenvalue weighted by Crippen LogP contribution is 2.40. The minimum atomic E-state index is -4.71. The van der Waals surface area contributed by atoms with Crippen LogP contribution in [0.15, 0.2) is 36.7 Å². The molecule has 1 atom stereocenters. The first-order valence-electron chi connectivity index (χ1n) is 11.9. The van der Waals surface area contributed by atoms with Gasteiger partial charge in [0.2, 0.25) is 5.91 Å². The number of aryl methyl sites for hydroxylation is 1. The zero-order valence-electron chi connectivity index (χ0n) is 19.9. The van der Waals surface area contributed by atoms with E-state index in [0.29, 0.717) is 27.8 Å². The Bertz CT molecular complexity index is 1430. The Morgan fingerprint density at radius 1 is 1.16 bits per heavy atom. The lowest BCUT2D eigenvalue weighted by Crippen LogP contribution is -2.44. The van der Waals surface area contributed by atoms with Crippen molar-refractivity contribution < 1.29 is 26.4 Å². The van der Waals surface area contributed by atoms with Gasteiger partial charge in [0.15, 0.2) is 11.7 Å². The van der Waals surface area contributed by atoms with E-state index in [2.05, 4.69) is 10.1 Å². The Kier molecular flexibility index (Phi) is 6.59. The molecule has 0 N–H and O–H groups in total. The molecule has 1 aromatic carbocycles. The molecule has 0 unspecified atom stereocenters. The maximum absolute atomic E-state index is 14.2. The van der Waals surface area contributed by atoms with Crippen molar-refractivity contribution in [3.63, 3.8) is 0 Å². The summed E-state index contributed by atoms with van der Waals surface area (Å²) in [5.41, 5.74) is 2.89. The number of aromatic nitrogens is 3. The van der Waals surface area contributed by atoms with Crippen molar-refractivity contribution in [3.05, 3.63) is 52.9 Å². The molecule has 0 radical (unpaired) electrons. The number of nitrogens with zero attached hydrogens (tertiary/aromatic N) is 5. The number of hydrogen-bond donors (Lipinski definition) is 0. The van der Waals surface area contributed by atoms with E-state index >= 15 is 0 Å². The largest absolute Gasteiger partial charge is 0.413 e. The van der Waals surface area contributed by atoms with Crippen LogP contribution in [-0.2, 0) is 21.1 Å². The first kappa shape index (κ1) is 25.8. The number of carbonyl (C=O) groups is 1. The molecule has 8 nitrogen and oxygen atoms in total. The summed E-state index contributed by atoms with van der Waals surface area (Å²) in [6.07, 6.45) is 0.148. The molecule has 1 amide bonds. The maximum Gasteiger partial charge on any atom is 0.413 e. The van der Waals surface area contributed by atoms with Crippen molar-refractivity contribution in [1.82, 2.24) is 19.5 Å². The third-order valence-electron chi connectivity index (χ3n) is 7.12. The van der Waals surface area contributed by atoms with Gasteiger partial charge in [-0.2, -0.15) is 18.3 Å². The molecule has 2 aliphatic heterocycles. The fourth-order valence-electron chi connectivity index (χ4n) is 5.21. The van der Waals surface area contributed by atoms with E-state index < -0.39 is 33.9 Å². The summed E-state index contributed by atoms with van der Waals surface area (Å²) in [6.45, 7) is 0.653. The first-order chi connectivity index (χ1) is 17.5. The predicted octanol–water partition coefficient (Wildman–Crippen LogP) is 4.35. The molecule has 0 saturated carbocycles. The standard InChI is InChI=1S/C24H25ClF3N5O3S/c1-31(23(34)16-8-11-37(35,36)12-9-16)21(24(26,27)28)15-4-6-17(7-5-15)32-10-2-3-19-20(32)14-29-22-18(25)13-30-33(19)22/h4-7,13-14,16,21H,2-3,8-12H2,1H3/t21-/m0/s1. The van der Waals surface area contributed by atoms with Gasteiger partial charge >= 0.3 is 6.18 Å². The number of sulfone groups is 1. The number of carbonyl (C=O) groups excluding carboxylic acids is 1. The maximum atomic E-state index is 14.2. The van der Waals surface area contributed by atoms with Gasteiger partial charge in [-0.15, -0.1) is 0 Å². The fraction of sp³-hybridized carbons (Fsp3) is 0.458. The molecule has 2 aliphatic rings. The third kappa shape index (κ3) is 4.88. The molecule has 1 fully saturated rings. The molecule has 37 heavy (non-hydrogen) atoms. The lowest BCUT2D eigenvalue weighted by molar-refractivity contribution is -0.190. The van der Waals surface area contributed by atoms with Crippen LogP contribution in [0.25, 0.3) is 5.65 Å². The molecule has 2 aromatic heterocycles. The molecular weight excluding hydrogens is 531 g/mol. The summed E-state index contributed by atoms with van der Waals surface area (Å²) >= 11 is 6.16. The van der Waals surface area contributed by atoms with Gasteiger partial charge in [0.05, 0.1) is 35.3 Å². The van der Waals surface area contributed by atoms with Crippen molar-refractivity contribution in [2.75, 3.05) is 30.0 Å². The van der Waals surface area contributed by atoms with Crippen LogP contribution >= 0.6 is 11.6 Å². The van der Waals surface area contributed by atoms with Crippen LogP contribution in [0.5, 0.6) is 0 Å². The Balaban J connectivity index is 1.41. The second-order valence-electron chi connectivity index (χ2n) is 9.48. The van der Waals surface area contributed by atoms with Crippen molar-refractivity contribution in [2.45, 2.75) is 37.9 Å². The minimum absolute atomic E-state index is 0.0339. The SMILES string of the molecule is CN(C(=O)C1CCS(=O)(=O)CC1)[C@@H](c1ccc(N2CCCc3c2cnc2c(Cl)cnn32)cc1)C(F)(F)F. The molecule has 13 heteroatoms. The highest BCUT2D eigenvalue weighted by Gasteiger charge is 2.46. The molecule has 0 bridgehead atoms. The topological polar surface area (TPSA) is 87.9 Å². The van der Waals surface area contributed by atoms with E-state index in [1.165, 1.54) is 18.3 Å². The molecule has 3 aromatic rings. The summed E-state index contributed by atoms with van der Waals surface area (Å²) in [5, 5.41) is 4.75. The van der Waals surface area contributed by atoms with Gasteiger partial charge in [0.1, 0.15) is 14.9 Å². The van der Waals surface area contributed by atoms with E-state index in [0.717, 1.165) is 31.3 Å². The number of amides is 1. The van der Waals surface area contributed by atoms with E-state index in [4.69, 9.17) is 11.6 Å². The zero-order chi connectivity index (χ0) is 26.5. The highest BCUT2D eigenvalue weighted by molar-refractivity contribution is 7.91. The smallest absolute Gasteiger partial charge is 0.339 e. The van der Waals surface area contributed by atoms with Gasteiger partial charge in [-0.3, -0.25) is 4.79 Å². The quantitative estimate of drug-likeness (QED) is 0.475. The third-order valence-corrected chi connectivity index (χ3v) is 9.10. The molecular formula is C24H25ClF3N5O3S. The Hall–Kier alpha value is -2.86. The van der Waals surface area contributed by atoms with Gasteiger partial charge in [-0.05, 0) is 43.4 Å². The number of anilines is 2. The van der Waals surface area contributed by atoms with Crippen molar-refractivity contribution >= 4 is 44.4 Å². The number of benzene rings is 1. The zero-order valence-corrected chi connectivity index (χ0v) is 21.5. The van der Waals surface area contributed by atoms with Gasteiger partial charge in [0, 0.05) is 25.2 Å². The molecule has 4 heterocycles. The van der Waals surface area contributed by atoms with Crippen LogP contribution in [-0.4, -0.2) is 65.1 Å². The monoisotopic (exact) mass is 555 g/mol. The highest BCUT2D eigenvalue weighted by atomic mass is 35.5. The molecule has 198 valence electrons. The van der Waals surface area contributed by atoms with E-state index in [1.807, 2.05) is 4.90 Å². The van der Waals surface area contributed by atoms with Gasteiger partial charge in [-0.25, -0.2) is 17.9 Å². The summed E-state index contributed by atoms with van der Waals surface area (Å²) in [5.74, 6) is -1.82. The summed E-state index contributed by atoms with van der Waals surface area (Å²) in [4.78, 5) is 20.0. The fourth-order valence-corrected chi connectivity index (χ4v) is 6.88. The van der Waals surface area contributed by atoms with Crippen LogP contribution in [0, 0.1) is 5.92 Å². The van der Waals surface area contributed by atoms with Gasteiger partial charge < -0.3 is 9.80 Å². The Labute approximate surface area is 216 Å². The normalized spacial score (nSPS) is 19.0. The molecule has 0 spiro atoms. The molecule has 1 saturated heterocycles. The van der Waals surface area contributed by atoms with Crippen molar-refractivity contribution in [3.8, 4) is 0 Å². The van der Waals surface area contributed by atoms with Gasteiger partial charge in [0.25, 0.3) is 0 Å². The first-order valence-corrected chi connectivity index (χ1v) is 14.1. The van der Waals surface area contributed by atoms with Crippen LogP contribution in [0.2, 0.25) is 5.02 Å². The van der Waals surface area contributed by atoms with Crippen molar-refractivity contribution in [1.29, 1.82) is 0 Å². The summed E-state index contributed by atoms with van der Waals surface area (Å²) in [6, 6.07) is 3.83. The second kappa shape index (κ2) is 9.46. The number of rotatable bonds is 4. The van der Waals surface area contributed by atoms with E-state index in [1.54, 1.807) is 22.8 Å². The van der Waals surface area contributed by atoms with Crippen molar-refractivity contribution in [2.24, 2.45) is 5.92 Å². The number of fused-ring (bicyclic) bond motifs is 3. The van der Waals surface area contributed by atoms with Crippen LogP contribution in [0.3, 0.4) is 0 Å². The second-order valence-corrected chi connectivity index (χ2v) is 12.2. The van der Waals surface area contributed by atoms with Crippen LogP contribution in [0.1, 0.15) is 36.6 Å². The molecule has 5 rings (SSSR count). The average Bonchev–Trinajstić information content (AvgIpc) is 3.24. The summed E-state index contributed by atoms with van der Waals surface area (Å²) < 4.78 is 67.6. The van der Waals surface area contributed by atoms with Crippen LogP contribution in [0.4, 0.5) is 24.5 Å². The minimum Gasteiger partial charge on any atom is -0.339 e. The Morgan fingerprint density at radius 2 is 1.84 bits per heavy atom. The number of hydrogen-bond acceptors (Lipinski definition) is 6. The van der Waals surface area contributed by atoms with E-state index in [9.17, 15) is 26.4 Å².